The molecule has 0 aromatic carbocycles. The van der Waals surface area contributed by atoms with Gasteiger partial charge in [0.15, 0.2) is 0 Å². The van der Waals surface area contributed by atoms with Crippen molar-refractivity contribution in [3.63, 3.8) is 0 Å². The van der Waals surface area contributed by atoms with E-state index in [1.807, 2.05) is 27.8 Å². The predicted octanol–water partition coefficient (Wildman–Crippen LogP) is 3.65. The van der Waals surface area contributed by atoms with Crippen LogP contribution in [0.2, 0.25) is 0 Å². The minimum atomic E-state index is -0.113. The van der Waals surface area contributed by atoms with Crippen molar-refractivity contribution in [3.05, 3.63) is 35.9 Å². The summed E-state index contributed by atoms with van der Waals surface area (Å²) in [6, 6.07) is 5.53. The molecule has 0 saturated carbocycles. The third-order valence-electron chi connectivity index (χ3n) is 4.30. The molecule has 3 heterocycles. The number of furan rings is 1. The highest BCUT2D eigenvalue weighted by Crippen LogP contribution is 2.33. The monoisotopic (exact) mass is 346 g/mol. The molecule has 1 aliphatic heterocycles. The second-order valence-electron chi connectivity index (χ2n) is 6.81. The minimum absolute atomic E-state index is 0.0351. The molecule has 3 rings (SSSR count). The van der Waals surface area contributed by atoms with Gasteiger partial charge in [-0.2, -0.15) is 5.10 Å². The van der Waals surface area contributed by atoms with Gasteiger partial charge in [0, 0.05) is 26.3 Å². The molecular weight excluding hydrogens is 320 g/mol. The Labute approximate surface area is 147 Å². The van der Waals surface area contributed by atoms with E-state index in [1.165, 1.54) is 0 Å². The lowest BCUT2D eigenvalue weighted by Gasteiger charge is -2.23. The highest BCUT2D eigenvalue weighted by atomic mass is 16.5. The number of urea groups is 1. The third kappa shape index (κ3) is 4.04. The summed E-state index contributed by atoms with van der Waals surface area (Å²) in [6.07, 6.45) is 3.57. The van der Waals surface area contributed by atoms with Gasteiger partial charge in [-0.25, -0.2) is 9.48 Å². The molecule has 1 atom stereocenters. The topological polar surface area (TPSA) is 72.5 Å². The molecule has 25 heavy (non-hydrogen) atoms. The quantitative estimate of drug-likeness (QED) is 0.866. The summed E-state index contributed by atoms with van der Waals surface area (Å²) in [5.74, 6) is 2.77. The van der Waals surface area contributed by atoms with Crippen LogP contribution in [0, 0.1) is 5.92 Å². The molecule has 1 aliphatic rings. The molecule has 136 valence electrons. The number of hydrogen-bond acceptors (Lipinski definition) is 4. The second-order valence-corrected chi connectivity index (χ2v) is 6.81. The smallest absolute Gasteiger partial charge is 0.323 e. The number of nitrogens with zero attached hydrogens (tertiary/aromatic N) is 3. The second kappa shape index (κ2) is 7.74. The molecule has 0 spiro atoms. The summed E-state index contributed by atoms with van der Waals surface area (Å²) in [5, 5.41) is 7.28. The summed E-state index contributed by atoms with van der Waals surface area (Å²) < 4.78 is 12.8. The fourth-order valence-electron chi connectivity index (χ4n) is 3.21. The van der Waals surface area contributed by atoms with Crippen LogP contribution in [0.25, 0.3) is 0 Å². The van der Waals surface area contributed by atoms with Gasteiger partial charge in [0.25, 0.3) is 0 Å². The summed E-state index contributed by atoms with van der Waals surface area (Å²) in [6.45, 7) is 6.17. The SMILES string of the molecule is COCc1ccc([C@@H]2CCCN2C(=O)Nc2ccnn2CC(C)C)o1. The van der Waals surface area contributed by atoms with E-state index in [0.717, 1.165) is 43.3 Å². The van der Waals surface area contributed by atoms with E-state index in [9.17, 15) is 4.79 Å². The van der Waals surface area contributed by atoms with Gasteiger partial charge in [0.2, 0.25) is 0 Å². The molecule has 7 nitrogen and oxygen atoms in total. The van der Waals surface area contributed by atoms with Crippen LogP contribution in [-0.4, -0.2) is 34.4 Å². The average molecular weight is 346 g/mol. The number of aromatic nitrogens is 2. The van der Waals surface area contributed by atoms with Crippen LogP contribution in [0.1, 0.15) is 44.3 Å². The number of rotatable bonds is 6. The highest BCUT2D eigenvalue weighted by molar-refractivity contribution is 5.88. The maximum Gasteiger partial charge on any atom is 0.323 e. The molecule has 0 aliphatic carbocycles. The first-order valence-corrected chi connectivity index (χ1v) is 8.75. The van der Waals surface area contributed by atoms with E-state index in [-0.39, 0.29) is 12.1 Å². The third-order valence-corrected chi connectivity index (χ3v) is 4.30. The zero-order chi connectivity index (χ0) is 17.8. The standard InChI is InChI=1S/C18H26N4O3/c1-13(2)11-22-17(8-9-19-22)20-18(23)21-10-4-5-15(21)16-7-6-14(25-16)12-24-3/h6-9,13,15H,4-5,10-12H2,1-3H3,(H,20,23)/t15-/m0/s1. The lowest BCUT2D eigenvalue weighted by molar-refractivity contribution is 0.157. The first-order valence-electron chi connectivity index (χ1n) is 8.75. The van der Waals surface area contributed by atoms with Crippen molar-refractivity contribution >= 4 is 11.8 Å². The summed E-state index contributed by atoms with van der Waals surface area (Å²) in [7, 11) is 1.64. The summed E-state index contributed by atoms with van der Waals surface area (Å²) in [5.41, 5.74) is 0. The van der Waals surface area contributed by atoms with E-state index in [2.05, 4.69) is 24.3 Å². The number of nitrogens with one attached hydrogen (secondary N) is 1. The Balaban J connectivity index is 1.69. The number of likely N-dealkylation sites (tertiary alicyclic amines) is 1. The molecular formula is C18H26N4O3. The molecule has 0 bridgehead atoms. The van der Waals surface area contributed by atoms with Crippen LogP contribution in [0.5, 0.6) is 0 Å². The number of amides is 2. The Morgan fingerprint density at radius 3 is 3.04 bits per heavy atom. The lowest BCUT2D eigenvalue weighted by atomic mass is 10.2. The van der Waals surface area contributed by atoms with Crippen LogP contribution in [0.4, 0.5) is 10.6 Å². The molecule has 1 fully saturated rings. The van der Waals surface area contributed by atoms with E-state index < -0.39 is 0 Å². The van der Waals surface area contributed by atoms with E-state index in [4.69, 9.17) is 9.15 Å². The number of anilines is 1. The van der Waals surface area contributed by atoms with Crippen LogP contribution in [0.15, 0.2) is 28.8 Å². The molecule has 0 radical (unpaired) electrons. The Morgan fingerprint density at radius 2 is 2.28 bits per heavy atom. The van der Waals surface area contributed by atoms with Crippen molar-refractivity contribution in [2.75, 3.05) is 19.0 Å². The molecule has 2 amide bonds. The zero-order valence-corrected chi connectivity index (χ0v) is 15.1. The number of carbonyl (C=O) groups is 1. The van der Waals surface area contributed by atoms with Crippen LogP contribution < -0.4 is 5.32 Å². The Hall–Kier alpha value is -2.28. The van der Waals surface area contributed by atoms with Gasteiger partial charge in [0.05, 0.1) is 12.2 Å². The average Bonchev–Trinajstić information content (AvgIpc) is 3.28. The maximum absolute atomic E-state index is 12.8. The fraction of sp³-hybridized carbons (Fsp3) is 0.556. The lowest BCUT2D eigenvalue weighted by Crippen LogP contribution is -2.35. The van der Waals surface area contributed by atoms with Crippen LogP contribution in [0.3, 0.4) is 0 Å². The Bertz CT molecular complexity index is 707. The molecule has 1 N–H and O–H groups in total. The van der Waals surface area contributed by atoms with Crippen LogP contribution >= 0.6 is 0 Å². The summed E-state index contributed by atoms with van der Waals surface area (Å²) in [4.78, 5) is 14.6. The molecule has 2 aromatic heterocycles. The highest BCUT2D eigenvalue weighted by Gasteiger charge is 2.32. The first-order chi connectivity index (χ1) is 12.1. The van der Waals surface area contributed by atoms with Crippen molar-refractivity contribution in [1.82, 2.24) is 14.7 Å². The van der Waals surface area contributed by atoms with Crippen molar-refractivity contribution in [1.29, 1.82) is 0 Å². The van der Waals surface area contributed by atoms with Gasteiger partial charge in [-0.05, 0) is 30.9 Å². The Morgan fingerprint density at radius 1 is 1.44 bits per heavy atom. The maximum atomic E-state index is 12.8. The number of ether oxygens (including phenoxy) is 1. The zero-order valence-electron chi connectivity index (χ0n) is 15.1. The van der Waals surface area contributed by atoms with Gasteiger partial charge in [-0.1, -0.05) is 13.8 Å². The van der Waals surface area contributed by atoms with Crippen molar-refractivity contribution in [2.24, 2.45) is 5.92 Å². The van der Waals surface area contributed by atoms with E-state index in [0.29, 0.717) is 12.5 Å². The number of methoxy groups -OCH3 is 1. The van der Waals surface area contributed by atoms with Gasteiger partial charge >= 0.3 is 6.03 Å². The van der Waals surface area contributed by atoms with Gasteiger partial charge in [-0.3, -0.25) is 5.32 Å². The van der Waals surface area contributed by atoms with Crippen molar-refractivity contribution in [3.8, 4) is 0 Å². The van der Waals surface area contributed by atoms with Crippen molar-refractivity contribution < 1.29 is 13.9 Å². The van der Waals surface area contributed by atoms with Crippen molar-refractivity contribution in [2.45, 2.75) is 45.9 Å². The van der Waals surface area contributed by atoms with E-state index >= 15 is 0 Å². The Kier molecular flexibility index (Phi) is 5.43. The summed E-state index contributed by atoms with van der Waals surface area (Å²) >= 11 is 0. The molecule has 2 aromatic rings. The van der Waals surface area contributed by atoms with E-state index in [1.54, 1.807) is 13.3 Å². The first kappa shape index (κ1) is 17.5. The number of carbonyl (C=O) groups excluding carboxylic acids is 1. The molecule has 7 heteroatoms. The predicted molar refractivity (Wildman–Crippen MR) is 94.2 cm³/mol. The van der Waals surface area contributed by atoms with Crippen LogP contribution in [-0.2, 0) is 17.9 Å². The normalized spacial score (nSPS) is 17.4. The number of hydrogen-bond donors (Lipinski definition) is 1. The molecule has 0 unspecified atom stereocenters. The van der Waals surface area contributed by atoms with Gasteiger partial charge in [0.1, 0.15) is 23.9 Å². The largest absolute Gasteiger partial charge is 0.461 e. The van der Waals surface area contributed by atoms with Gasteiger partial charge in [-0.15, -0.1) is 0 Å². The van der Waals surface area contributed by atoms with Gasteiger partial charge < -0.3 is 14.1 Å². The minimum Gasteiger partial charge on any atom is -0.461 e. The molecule has 1 saturated heterocycles. The fourth-order valence-corrected chi connectivity index (χ4v) is 3.21.